The maximum absolute atomic E-state index is 11.6. The third-order valence-corrected chi connectivity index (χ3v) is 2.95. The van der Waals surface area contributed by atoms with Crippen molar-refractivity contribution < 1.29 is 9.21 Å². The third kappa shape index (κ3) is 3.89. The molecule has 1 unspecified atom stereocenters. The highest BCUT2D eigenvalue weighted by Crippen LogP contribution is 2.09. The first-order chi connectivity index (χ1) is 7.67. The van der Waals surface area contributed by atoms with Crippen LogP contribution in [0.3, 0.4) is 0 Å². The fourth-order valence-electron chi connectivity index (χ4n) is 1.32. The normalized spacial score (nSPS) is 12.4. The van der Waals surface area contributed by atoms with Crippen molar-refractivity contribution in [2.75, 3.05) is 6.54 Å². The SMILES string of the molecule is CCc1ccc(C(=O)NCCC(Cl)CC)o1. The summed E-state index contributed by atoms with van der Waals surface area (Å²) in [5.41, 5.74) is 0. The molecule has 0 spiro atoms. The maximum atomic E-state index is 11.6. The zero-order valence-corrected chi connectivity index (χ0v) is 10.5. The average molecular weight is 244 g/mol. The standard InChI is InChI=1S/C12H18ClNO2/c1-3-9(13)7-8-14-12(15)11-6-5-10(4-2)16-11/h5-6,9H,3-4,7-8H2,1-2H3,(H,14,15). The van der Waals surface area contributed by atoms with E-state index in [1.165, 1.54) is 0 Å². The Bertz CT molecular complexity index is 336. The number of amides is 1. The Morgan fingerprint density at radius 2 is 2.25 bits per heavy atom. The Morgan fingerprint density at radius 3 is 2.81 bits per heavy atom. The van der Waals surface area contributed by atoms with Gasteiger partial charge in [-0.05, 0) is 25.0 Å². The van der Waals surface area contributed by atoms with E-state index >= 15 is 0 Å². The molecule has 0 aliphatic rings. The fraction of sp³-hybridized carbons (Fsp3) is 0.583. The highest BCUT2D eigenvalue weighted by atomic mass is 35.5. The summed E-state index contributed by atoms with van der Waals surface area (Å²) in [5, 5.41) is 2.91. The van der Waals surface area contributed by atoms with E-state index in [-0.39, 0.29) is 11.3 Å². The second-order valence-electron chi connectivity index (χ2n) is 3.67. The molecular formula is C12H18ClNO2. The molecule has 0 bridgehead atoms. The predicted octanol–water partition coefficient (Wildman–Crippen LogP) is 2.98. The summed E-state index contributed by atoms with van der Waals surface area (Å²) in [5.74, 6) is 1.04. The summed E-state index contributed by atoms with van der Waals surface area (Å²) in [6.07, 6.45) is 2.50. The molecule has 4 heteroatoms. The van der Waals surface area contributed by atoms with Gasteiger partial charge >= 0.3 is 0 Å². The van der Waals surface area contributed by atoms with Crippen molar-refractivity contribution in [2.45, 2.75) is 38.5 Å². The molecule has 0 fully saturated rings. The zero-order valence-electron chi connectivity index (χ0n) is 9.75. The molecule has 90 valence electrons. The lowest BCUT2D eigenvalue weighted by atomic mass is 10.2. The lowest BCUT2D eigenvalue weighted by Gasteiger charge is -2.06. The number of nitrogens with one attached hydrogen (secondary N) is 1. The summed E-state index contributed by atoms with van der Waals surface area (Å²) in [6, 6.07) is 3.53. The van der Waals surface area contributed by atoms with Crippen LogP contribution in [-0.4, -0.2) is 17.8 Å². The van der Waals surface area contributed by atoms with Crippen LogP contribution in [0, 0.1) is 0 Å². The van der Waals surface area contributed by atoms with Crippen molar-refractivity contribution in [1.82, 2.24) is 5.32 Å². The van der Waals surface area contributed by atoms with Crippen molar-refractivity contribution in [3.05, 3.63) is 23.7 Å². The maximum Gasteiger partial charge on any atom is 0.286 e. The molecule has 1 heterocycles. The largest absolute Gasteiger partial charge is 0.456 e. The first-order valence-corrected chi connectivity index (χ1v) is 6.12. The number of rotatable bonds is 6. The Morgan fingerprint density at radius 1 is 1.50 bits per heavy atom. The highest BCUT2D eigenvalue weighted by Gasteiger charge is 2.10. The molecule has 0 saturated heterocycles. The van der Waals surface area contributed by atoms with Gasteiger partial charge in [-0.25, -0.2) is 0 Å². The molecule has 16 heavy (non-hydrogen) atoms. The predicted molar refractivity (Wildman–Crippen MR) is 65.0 cm³/mol. The van der Waals surface area contributed by atoms with Crippen molar-refractivity contribution in [2.24, 2.45) is 0 Å². The molecule has 1 amide bonds. The zero-order chi connectivity index (χ0) is 12.0. The first-order valence-electron chi connectivity index (χ1n) is 5.68. The van der Waals surface area contributed by atoms with Crippen LogP contribution in [-0.2, 0) is 6.42 Å². The van der Waals surface area contributed by atoms with E-state index in [0.717, 1.165) is 25.0 Å². The van der Waals surface area contributed by atoms with E-state index < -0.39 is 0 Å². The Hall–Kier alpha value is -0.960. The van der Waals surface area contributed by atoms with Crippen molar-refractivity contribution in [3.8, 4) is 0 Å². The molecule has 1 N–H and O–H groups in total. The van der Waals surface area contributed by atoms with Crippen LogP contribution in [0.4, 0.5) is 0 Å². The van der Waals surface area contributed by atoms with Gasteiger partial charge in [0.1, 0.15) is 5.76 Å². The summed E-state index contributed by atoms with van der Waals surface area (Å²) >= 11 is 5.95. The van der Waals surface area contributed by atoms with E-state index in [1.54, 1.807) is 6.07 Å². The van der Waals surface area contributed by atoms with Crippen LogP contribution in [0.5, 0.6) is 0 Å². The van der Waals surface area contributed by atoms with Crippen LogP contribution in [0.2, 0.25) is 0 Å². The molecule has 0 aromatic carbocycles. The monoisotopic (exact) mass is 243 g/mol. The van der Waals surface area contributed by atoms with Gasteiger partial charge in [0.15, 0.2) is 5.76 Å². The lowest BCUT2D eigenvalue weighted by Crippen LogP contribution is -2.25. The molecule has 0 aliphatic heterocycles. The third-order valence-electron chi connectivity index (χ3n) is 2.42. The van der Waals surface area contributed by atoms with Crippen LogP contribution in [0.25, 0.3) is 0 Å². The molecule has 0 saturated carbocycles. The second-order valence-corrected chi connectivity index (χ2v) is 4.29. The smallest absolute Gasteiger partial charge is 0.286 e. The number of halogens is 1. The van der Waals surface area contributed by atoms with Gasteiger partial charge in [-0.15, -0.1) is 11.6 Å². The van der Waals surface area contributed by atoms with Crippen LogP contribution in [0.15, 0.2) is 16.5 Å². The molecule has 1 atom stereocenters. The Balaban J connectivity index is 2.35. The topological polar surface area (TPSA) is 42.2 Å². The van der Waals surface area contributed by atoms with Gasteiger partial charge in [0.05, 0.1) is 0 Å². The number of aryl methyl sites for hydroxylation is 1. The minimum atomic E-state index is -0.167. The summed E-state index contributed by atoms with van der Waals surface area (Å²) in [4.78, 5) is 11.6. The van der Waals surface area contributed by atoms with Gasteiger partial charge < -0.3 is 9.73 Å². The number of carbonyl (C=O) groups is 1. The number of hydrogen-bond acceptors (Lipinski definition) is 2. The molecule has 0 radical (unpaired) electrons. The number of alkyl halides is 1. The molecule has 1 aromatic rings. The van der Waals surface area contributed by atoms with Crippen molar-refractivity contribution >= 4 is 17.5 Å². The molecule has 1 aromatic heterocycles. The molecule has 1 rings (SSSR count). The van der Waals surface area contributed by atoms with E-state index in [4.69, 9.17) is 16.0 Å². The van der Waals surface area contributed by atoms with E-state index in [0.29, 0.717) is 12.3 Å². The van der Waals surface area contributed by atoms with E-state index in [2.05, 4.69) is 5.32 Å². The van der Waals surface area contributed by atoms with Crippen LogP contribution in [0.1, 0.15) is 43.0 Å². The Kier molecular flexibility index (Phi) is 5.39. The summed E-state index contributed by atoms with van der Waals surface area (Å²) in [7, 11) is 0. The van der Waals surface area contributed by atoms with Crippen LogP contribution >= 0.6 is 11.6 Å². The first kappa shape index (κ1) is 13.1. The Labute approximate surface area is 101 Å². The molecular weight excluding hydrogens is 226 g/mol. The van der Waals surface area contributed by atoms with E-state index in [1.807, 2.05) is 19.9 Å². The van der Waals surface area contributed by atoms with Gasteiger partial charge in [-0.3, -0.25) is 4.79 Å². The van der Waals surface area contributed by atoms with E-state index in [9.17, 15) is 4.79 Å². The average Bonchev–Trinajstić information content (AvgIpc) is 2.77. The minimum absolute atomic E-state index is 0.128. The summed E-state index contributed by atoms with van der Waals surface area (Å²) in [6.45, 7) is 4.60. The van der Waals surface area contributed by atoms with Crippen molar-refractivity contribution in [3.63, 3.8) is 0 Å². The minimum Gasteiger partial charge on any atom is -0.456 e. The van der Waals surface area contributed by atoms with Gasteiger partial charge in [-0.1, -0.05) is 13.8 Å². The van der Waals surface area contributed by atoms with Gasteiger partial charge in [-0.2, -0.15) is 0 Å². The van der Waals surface area contributed by atoms with Gasteiger partial charge in [0.25, 0.3) is 5.91 Å². The van der Waals surface area contributed by atoms with Crippen LogP contribution < -0.4 is 5.32 Å². The molecule has 0 aliphatic carbocycles. The number of hydrogen-bond donors (Lipinski definition) is 1. The summed E-state index contributed by atoms with van der Waals surface area (Å²) < 4.78 is 5.33. The van der Waals surface area contributed by atoms with Gasteiger partial charge in [0.2, 0.25) is 0 Å². The second kappa shape index (κ2) is 6.59. The lowest BCUT2D eigenvalue weighted by molar-refractivity contribution is 0.0924. The number of carbonyl (C=O) groups excluding carboxylic acids is 1. The fourth-order valence-corrected chi connectivity index (χ4v) is 1.43. The van der Waals surface area contributed by atoms with Gasteiger partial charge in [0, 0.05) is 18.3 Å². The highest BCUT2D eigenvalue weighted by molar-refractivity contribution is 6.20. The molecule has 3 nitrogen and oxygen atoms in total. The van der Waals surface area contributed by atoms with Crippen molar-refractivity contribution in [1.29, 1.82) is 0 Å². The number of furan rings is 1. The quantitative estimate of drug-likeness (QED) is 0.781.